The van der Waals surface area contributed by atoms with Crippen LogP contribution in [0.4, 0.5) is 5.69 Å². The number of anilines is 1. The number of carbonyl (C=O) groups is 1. The number of rotatable bonds is 4. The first-order valence-corrected chi connectivity index (χ1v) is 5.34. The number of carbonyl (C=O) groups excluding carboxylic acids is 1. The van der Waals surface area contributed by atoms with Gasteiger partial charge in [0.2, 0.25) is 5.91 Å². The van der Waals surface area contributed by atoms with Gasteiger partial charge in [0.05, 0.1) is 6.54 Å². The van der Waals surface area contributed by atoms with Crippen LogP contribution in [0.1, 0.15) is 18.4 Å². The van der Waals surface area contributed by atoms with Crippen LogP contribution in [-0.4, -0.2) is 18.5 Å². The fourth-order valence-corrected chi connectivity index (χ4v) is 1.36. The van der Waals surface area contributed by atoms with Crippen molar-refractivity contribution in [3.8, 4) is 0 Å². The van der Waals surface area contributed by atoms with E-state index in [0.29, 0.717) is 12.6 Å². The predicted molar refractivity (Wildman–Crippen MR) is 60.8 cm³/mol. The molecule has 0 heterocycles. The molecule has 1 amide bonds. The molecule has 0 aromatic heterocycles. The Hall–Kier alpha value is -1.51. The van der Waals surface area contributed by atoms with Crippen molar-refractivity contribution in [2.24, 2.45) is 0 Å². The molecule has 0 aliphatic heterocycles. The summed E-state index contributed by atoms with van der Waals surface area (Å²) in [6.45, 7) is 2.41. The molecule has 1 aliphatic rings. The Morgan fingerprint density at radius 2 is 2.00 bits per heavy atom. The lowest BCUT2D eigenvalue weighted by Crippen LogP contribution is -2.31. The molecule has 0 atom stereocenters. The summed E-state index contributed by atoms with van der Waals surface area (Å²) in [5, 5.41) is 6.03. The second kappa shape index (κ2) is 4.34. The Balaban J connectivity index is 1.76. The lowest BCUT2D eigenvalue weighted by Gasteiger charge is -2.06. The Kier molecular flexibility index (Phi) is 2.90. The minimum absolute atomic E-state index is 0.0816. The Labute approximate surface area is 89.9 Å². The molecule has 1 aromatic carbocycles. The minimum Gasteiger partial charge on any atom is -0.376 e. The van der Waals surface area contributed by atoms with Crippen molar-refractivity contribution in [1.82, 2.24) is 5.32 Å². The molecule has 0 unspecified atom stereocenters. The van der Waals surface area contributed by atoms with Gasteiger partial charge in [-0.3, -0.25) is 4.79 Å². The van der Waals surface area contributed by atoms with Crippen molar-refractivity contribution in [3.05, 3.63) is 29.8 Å². The normalized spacial score (nSPS) is 14.7. The number of hydrogen-bond donors (Lipinski definition) is 2. The van der Waals surface area contributed by atoms with Gasteiger partial charge >= 0.3 is 0 Å². The highest BCUT2D eigenvalue weighted by Gasteiger charge is 2.22. The molecule has 1 aliphatic carbocycles. The second-order valence-corrected chi connectivity index (χ2v) is 4.06. The van der Waals surface area contributed by atoms with E-state index in [0.717, 1.165) is 18.5 Å². The Bertz CT molecular complexity index is 341. The SMILES string of the molecule is Cc1ccc(NCC(=O)NC2CC2)cc1. The molecule has 2 N–H and O–H groups in total. The van der Waals surface area contributed by atoms with Crippen LogP contribution in [0.15, 0.2) is 24.3 Å². The van der Waals surface area contributed by atoms with E-state index in [1.54, 1.807) is 0 Å². The first kappa shape index (κ1) is 10.0. The van der Waals surface area contributed by atoms with E-state index in [9.17, 15) is 4.79 Å². The first-order valence-electron chi connectivity index (χ1n) is 5.34. The number of amides is 1. The van der Waals surface area contributed by atoms with Crippen LogP contribution in [0.3, 0.4) is 0 Å². The summed E-state index contributed by atoms with van der Waals surface area (Å²) in [5.74, 6) is 0.0816. The summed E-state index contributed by atoms with van der Waals surface area (Å²) in [6.07, 6.45) is 2.27. The van der Waals surface area contributed by atoms with Gasteiger partial charge in [-0.1, -0.05) is 17.7 Å². The van der Waals surface area contributed by atoms with Gasteiger partial charge in [0, 0.05) is 11.7 Å². The molecule has 1 saturated carbocycles. The lowest BCUT2D eigenvalue weighted by molar-refractivity contribution is -0.119. The number of hydrogen-bond acceptors (Lipinski definition) is 2. The van der Waals surface area contributed by atoms with E-state index >= 15 is 0 Å². The highest BCUT2D eigenvalue weighted by molar-refractivity contribution is 5.81. The summed E-state index contributed by atoms with van der Waals surface area (Å²) in [5.41, 5.74) is 2.22. The van der Waals surface area contributed by atoms with E-state index in [2.05, 4.69) is 10.6 Å². The minimum atomic E-state index is 0.0816. The van der Waals surface area contributed by atoms with E-state index in [1.165, 1.54) is 5.56 Å². The highest BCUT2D eigenvalue weighted by Crippen LogP contribution is 2.18. The third-order valence-electron chi connectivity index (χ3n) is 2.45. The molecule has 0 radical (unpaired) electrons. The van der Waals surface area contributed by atoms with Crippen LogP contribution in [-0.2, 0) is 4.79 Å². The van der Waals surface area contributed by atoms with Crippen LogP contribution < -0.4 is 10.6 Å². The molecule has 80 valence electrons. The zero-order valence-electron chi connectivity index (χ0n) is 8.92. The van der Waals surface area contributed by atoms with Crippen molar-refractivity contribution in [2.45, 2.75) is 25.8 Å². The van der Waals surface area contributed by atoms with E-state index in [1.807, 2.05) is 31.2 Å². The molecule has 15 heavy (non-hydrogen) atoms. The first-order chi connectivity index (χ1) is 7.24. The van der Waals surface area contributed by atoms with Gasteiger partial charge in [-0.05, 0) is 31.9 Å². The van der Waals surface area contributed by atoms with Gasteiger partial charge < -0.3 is 10.6 Å². The lowest BCUT2D eigenvalue weighted by atomic mass is 10.2. The maximum absolute atomic E-state index is 11.4. The molecule has 0 saturated heterocycles. The maximum atomic E-state index is 11.4. The molecule has 1 fully saturated rings. The molecule has 2 rings (SSSR count). The number of nitrogens with one attached hydrogen (secondary N) is 2. The average Bonchev–Trinajstić information content (AvgIpc) is 3.01. The van der Waals surface area contributed by atoms with Gasteiger partial charge in [0.25, 0.3) is 0 Å². The van der Waals surface area contributed by atoms with Gasteiger partial charge in [-0.15, -0.1) is 0 Å². The van der Waals surface area contributed by atoms with Gasteiger partial charge in [-0.2, -0.15) is 0 Å². The zero-order valence-corrected chi connectivity index (χ0v) is 8.92. The molecule has 1 aromatic rings. The topological polar surface area (TPSA) is 41.1 Å². The third-order valence-corrected chi connectivity index (χ3v) is 2.45. The zero-order chi connectivity index (χ0) is 10.7. The smallest absolute Gasteiger partial charge is 0.239 e. The molecule has 0 bridgehead atoms. The molecule has 0 spiro atoms. The average molecular weight is 204 g/mol. The largest absolute Gasteiger partial charge is 0.376 e. The van der Waals surface area contributed by atoms with Gasteiger partial charge in [0.15, 0.2) is 0 Å². The van der Waals surface area contributed by atoms with Gasteiger partial charge in [-0.25, -0.2) is 0 Å². The maximum Gasteiger partial charge on any atom is 0.239 e. The Morgan fingerprint density at radius 3 is 2.60 bits per heavy atom. The Morgan fingerprint density at radius 1 is 1.33 bits per heavy atom. The quantitative estimate of drug-likeness (QED) is 0.783. The van der Waals surface area contributed by atoms with Crippen molar-refractivity contribution in [3.63, 3.8) is 0 Å². The summed E-state index contributed by atoms with van der Waals surface area (Å²) >= 11 is 0. The monoisotopic (exact) mass is 204 g/mol. The number of aryl methyl sites for hydroxylation is 1. The predicted octanol–water partition coefficient (Wildman–Crippen LogP) is 1.69. The summed E-state index contributed by atoms with van der Waals surface area (Å²) < 4.78 is 0. The van der Waals surface area contributed by atoms with Crippen LogP contribution in [0.25, 0.3) is 0 Å². The van der Waals surface area contributed by atoms with Crippen LogP contribution in [0.2, 0.25) is 0 Å². The summed E-state index contributed by atoms with van der Waals surface area (Å²) in [6, 6.07) is 8.47. The summed E-state index contributed by atoms with van der Waals surface area (Å²) in [4.78, 5) is 11.4. The van der Waals surface area contributed by atoms with Crippen LogP contribution in [0.5, 0.6) is 0 Å². The van der Waals surface area contributed by atoms with Crippen molar-refractivity contribution >= 4 is 11.6 Å². The van der Waals surface area contributed by atoms with Crippen molar-refractivity contribution < 1.29 is 4.79 Å². The fraction of sp³-hybridized carbons (Fsp3) is 0.417. The highest BCUT2D eigenvalue weighted by atomic mass is 16.2. The second-order valence-electron chi connectivity index (χ2n) is 4.06. The van der Waals surface area contributed by atoms with Crippen LogP contribution >= 0.6 is 0 Å². The standard InChI is InChI=1S/C12H16N2O/c1-9-2-4-10(5-3-9)13-8-12(15)14-11-6-7-11/h2-5,11,13H,6-8H2,1H3,(H,14,15). The third kappa shape index (κ3) is 3.27. The van der Waals surface area contributed by atoms with E-state index in [-0.39, 0.29) is 5.91 Å². The molecule has 3 heteroatoms. The molecular formula is C12H16N2O. The fourth-order valence-electron chi connectivity index (χ4n) is 1.36. The van der Waals surface area contributed by atoms with E-state index in [4.69, 9.17) is 0 Å². The van der Waals surface area contributed by atoms with Crippen LogP contribution in [0, 0.1) is 6.92 Å². The summed E-state index contributed by atoms with van der Waals surface area (Å²) in [7, 11) is 0. The molecular weight excluding hydrogens is 188 g/mol. The van der Waals surface area contributed by atoms with Crippen molar-refractivity contribution in [2.75, 3.05) is 11.9 Å². The van der Waals surface area contributed by atoms with Gasteiger partial charge in [0.1, 0.15) is 0 Å². The van der Waals surface area contributed by atoms with Crippen molar-refractivity contribution in [1.29, 1.82) is 0 Å². The molecule has 3 nitrogen and oxygen atoms in total. The van der Waals surface area contributed by atoms with E-state index < -0.39 is 0 Å². The number of benzene rings is 1.